The van der Waals surface area contributed by atoms with E-state index >= 15 is 0 Å². The van der Waals surface area contributed by atoms with Gasteiger partial charge in [0.2, 0.25) is 11.8 Å². The molecule has 0 spiro atoms. The standard InChI is InChI=1S/C12H15N3O2/c16-11-4-3-10(12(17)15-11)14-7-5-9-2-1-6-13-8-9/h1-2,6,8,10,14H,3-5,7H2,(H,15,16,17). The first-order chi connectivity index (χ1) is 8.25. The molecule has 1 aromatic rings. The molecule has 1 saturated heterocycles. The van der Waals surface area contributed by atoms with Crippen LogP contribution in [0.3, 0.4) is 0 Å². The van der Waals surface area contributed by atoms with Crippen LogP contribution in [0.5, 0.6) is 0 Å². The van der Waals surface area contributed by atoms with E-state index in [9.17, 15) is 9.59 Å². The molecular weight excluding hydrogens is 218 g/mol. The van der Waals surface area contributed by atoms with Gasteiger partial charge in [-0.15, -0.1) is 0 Å². The van der Waals surface area contributed by atoms with E-state index in [0.29, 0.717) is 19.4 Å². The Morgan fingerprint density at radius 3 is 3.06 bits per heavy atom. The first-order valence-electron chi connectivity index (χ1n) is 5.71. The molecule has 0 radical (unpaired) electrons. The fourth-order valence-corrected chi connectivity index (χ4v) is 1.83. The number of rotatable bonds is 4. The molecule has 1 aliphatic rings. The minimum absolute atomic E-state index is 0.180. The highest BCUT2D eigenvalue weighted by molar-refractivity contribution is 6.00. The Hall–Kier alpha value is -1.75. The SMILES string of the molecule is O=C1CCC(NCCc2cccnc2)C(=O)N1. The molecule has 0 saturated carbocycles. The lowest BCUT2D eigenvalue weighted by Crippen LogP contribution is -2.51. The molecule has 2 amide bonds. The normalized spacial score (nSPS) is 20.1. The Bertz CT molecular complexity index is 405. The molecule has 2 rings (SSSR count). The Morgan fingerprint density at radius 2 is 2.35 bits per heavy atom. The zero-order chi connectivity index (χ0) is 12.1. The minimum Gasteiger partial charge on any atom is -0.306 e. The van der Waals surface area contributed by atoms with Crippen molar-refractivity contribution in [2.75, 3.05) is 6.54 Å². The summed E-state index contributed by atoms with van der Waals surface area (Å²) in [4.78, 5) is 26.4. The second-order valence-corrected chi connectivity index (χ2v) is 4.07. The number of nitrogens with one attached hydrogen (secondary N) is 2. The zero-order valence-electron chi connectivity index (χ0n) is 9.48. The largest absolute Gasteiger partial charge is 0.306 e. The highest BCUT2D eigenvalue weighted by Crippen LogP contribution is 2.04. The van der Waals surface area contributed by atoms with Gasteiger partial charge in [-0.2, -0.15) is 0 Å². The number of aromatic nitrogens is 1. The third kappa shape index (κ3) is 3.35. The van der Waals surface area contributed by atoms with Crippen LogP contribution in [-0.4, -0.2) is 29.4 Å². The molecule has 1 atom stereocenters. The summed E-state index contributed by atoms with van der Waals surface area (Å²) in [6.45, 7) is 0.706. The lowest BCUT2D eigenvalue weighted by molar-refractivity contribution is -0.134. The van der Waals surface area contributed by atoms with Crippen LogP contribution in [0.15, 0.2) is 24.5 Å². The maximum absolute atomic E-state index is 11.4. The van der Waals surface area contributed by atoms with Crippen molar-refractivity contribution in [2.24, 2.45) is 0 Å². The molecule has 5 heteroatoms. The summed E-state index contributed by atoms with van der Waals surface area (Å²) in [5, 5.41) is 5.47. The molecular formula is C12H15N3O2. The van der Waals surface area contributed by atoms with Crippen molar-refractivity contribution >= 4 is 11.8 Å². The third-order valence-corrected chi connectivity index (χ3v) is 2.77. The van der Waals surface area contributed by atoms with Crippen molar-refractivity contribution < 1.29 is 9.59 Å². The number of amides is 2. The predicted octanol–water partition coefficient (Wildman–Crippen LogP) is 0.0189. The fraction of sp³-hybridized carbons (Fsp3) is 0.417. The van der Waals surface area contributed by atoms with Gasteiger partial charge in [0.05, 0.1) is 6.04 Å². The summed E-state index contributed by atoms with van der Waals surface area (Å²) in [6.07, 6.45) is 5.36. The van der Waals surface area contributed by atoms with Crippen molar-refractivity contribution in [1.82, 2.24) is 15.6 Å². The van der Waals surface area contributed by atoms with Gasteiger partial charge >= 0.3 is 0 Å². The average Bonchev–Trinajstić information content (AvgIpc) is 2.33. The van der Waals surface area contributed by atoms with Crippen molar-refractivity contribution in [1.29, 1.82) is 0 Å². The minimum atomic E-state index is -0.246. The Kier molecular flexibility index (Phi) is 3.82. The molecule has 2 heterocycles. The molecule has 90 valence electrons. The lowest BCUT2D eigenvalue weighted by Gasteiger charge is -2.21. The maximum Gasteiger partial charge on any atom is 0.243 e. The van der Waals surface area contributed by atoms with E-state index in [1.54, 1.807) is 6.20 Å². The topological polar surface area (TPSA) is 71.1 Å². The van der Waals surface area contributed by atoms with Gasteiger partial charge < -0.3 is 5.32 Å². The van der Waals surface area contributed by atoms with Crippen molar-refractivity contribution in [2.45, 2.75) is 25.3 Å². The summed E-state index contributed by atoms with van der Waals surface area (Å²) >= 11 is 0. The molecule has 0 bridgehead atoms. The number of nitrogens with zero attached hydrogens (tertiary/aromatic N) is 1. The lowest BCUT2D eigenvalue weighted by atomic mass is 10.1. The van der Waals surface area contributed by atoms with Crippen molar-refractivity contribution in [3.63, 3.8) is 0 Å². The summed E-state index contributed by atoms with van der Waals surface area (Å²) < 4.78 is 0. The van der Waals surface area contributed by atoms with Gasteiger partial charge in [0.1, 0.15) is 0 Å². The van der Waals surface area contributed by atoms with Gasteiger partial charge in [-0.25, -0.2) is 0 Å². The van der Waals surface area contributed by atoms with Gasteiger partial charge in [-0.3, -0.25) is 19.9 Å². The number of piperidine rings is 1. The molecule has 1 unspecified atom stereocenters. The number of pyridine rings is 1. The first-order valence-corrected chi connectivity index (χ1v) is 5.71. The smallest absolute Gasteiger partial charge is 0.243 e. The zero-order valence-corrected chi connectivity index (χ0v) is 9.48. The third-order valence-electron chi connectivity index (χ3n) is 2.77. The van der Waals surface area contributed by atoms with Crippen LogP contribution in [0.2, 0.25) is 0 Å². The van der Waals surface area contributed by atoms with Crippen LogP contribution in [0.1, 0.15) is 18.4 Å². The molecule has 17 heavy (non-hydrogen) atoms. The van der Waals surface area contributed by atoms with E-state index in [1.165, 1.54) is 0 Å². The molecule has 5 nitrogen and oxygen atoms in total. The highest BCUT2D eigenvalue weighted by atomic mass is 16.2. The fourth-order valence-electron chi connectivity index (χ4n) is 1.83. The van der Waals surface area contributed by atoms with Crippen LogP contribution in [0, 0.1) is 0 Å². The van der Waals surface area contributed by atoms with E-state index in [2.05, 4.69) is 15.6 Å². The molecule has 0 aliphatic carbocycles. The van der Waals surface area contributed by atoms with Crippen LogP contribution in [0.25, 0.3) is 0 Å². The van der Waals surface area contributed by atoms with Crippen molar-refractivity contribution in [3.8, 4) is 0 Å². The molecule has 1 aromatic heterocycles. The summed E-state index contributed by atoms with van der Waals surface area (Å²) in [5.41, 5.74) is 1.13. The Labute approximate surface area is 99.6 Å². The van der Waals surface area contributed by atoms with Gasteiger partial charge in [0, 0.05) is 18.8 Å². The first kappa shape index (κ1) is 11.7. The summed E-state index contributed by atoms with van der Waals surface area (Å²) in [7, 11) is 0. The maximum atomic E-state index is 11.4. The van der Waals surface area contributed by atoms with Crippen LogP contribution >= 0.6 is 0 Å². The van der Waals surface area contributed by atoms with E-state index in [-0.39, 0.29) is 17.9 Å². The van der Waals surface area contributed by atoms with Crippen molar-refractivity contribution in [3.05, 3.63) is 30.1 Å². The van der Waals surface area contributed by atoms with Crippen LogP contribution < -0.4 is 10.6 Å². The Balaban J connectivity index is 1.75. The quantitative estimate of drug-likeness (QED) is 0.719. The van der Waals surface area contributed by atoms with Crippen LogP contribution in [0.4, 0.5) is 0 Å². The number of imide groups is 1. The average molecular weight is 233 g/mol. The second kappa shape index (κ2) is 5.54. The highest BCUT2D eigenvalue weighted by Gasteiger charge is 2.25. The Morgan fingerprint density at radius 1 is 1.47 bits per heavy atom. The van der Waals surface area contributed by atoms with E-state index in [1.807, 2.05) is 18.3 Å². The molecule has 0 aromatic carbocycles. The van der Waals surface area contributed by atoms with Gasteiger partial charge in [-0.1, -0.05) is 6.07 Å². The monoisotopic (exact) mass is 233 g/mol. The number of hydrogen-bond donors (Lipinski definition) is 2. The van der Waals surface area contributed by atoms with E-state index in [4.69, 9.17) is 0 Å². The van der Waals surface area contributed by atoms with Crippen LogP contribution in [-0.2, 0) is 16.0 Å². The van der Waals surface area contributed by atoms with E-state index < -0.39 is 0 Å². The molecule has 2 N–H and O–H groups in total. The number of hydrogen-bond acceptors (Lipinski definition) is 4. The molecule has 1 aliphatic heterocycles. The number of carbonyl (C=O) groups excluding carboxylic acids is 2. The van der Waals surface area contributed by atoms with Gasteiger partial charge in [-0.05, 0) is 31.0 Å². The van der Waals surface area contributed by atoms with Gasteiger partial charge in [0.25, 0.3) is 0 Å². The number of carbonyl (C=O) groups is 2. The summed E-state index contributed by atoms with van der Waals surface area (Å²) in [6, 6.07) is 3.64. The second-order valence-electron chi connectivity index (χ2n) is 4.07. The van der Waals surface area contributed by atoms with Gasteiger partial charge in [0.15, 0.2) is 0 Å². The summed E-state index contributed by atoms with van der Waals surface area (Å²) in [5.74, 6) is -0.396. The van der Waals surface area contributed by atoms with E-state index in [0.717, 1.165) is 12.0 Å². The molecule has 1 fully saturated rings. The predicted molar refractivity (Wildman–Crippen MR) is 62.1 cm³/mol.